The molecule has 3 heterocycles. The maximum atomic E-state index is 12.7. The van der Waals surface area contributed by atoms with Gasteiger partial charge in [-0.25, -0.2) is 4.79 Å². The largest absolute Gasteiger partial charge is 0.443 e. The van der Waals surface area contributed by atoms with Crippen LogP contribution in [0.25, 0.3) is 0 Å². The number of amides is 1. The molecular formula is C23H36N2O7. The van der Waals surface area contributed by atoms with Gasteiger partial charge < -0.3 is 33.7 Å². The van der Waals surface area contributed by atoms with E-state index in [1.807, 2.05) is 0 Å². The molecule has 180 valence electrons. The van der Waals surface area contributed by atoms with Crippen LogP contribution < -0.4 is 5.32 Å². The molecule has 0 aromatic carbocycles. The smallest absolute Gasteiger partial charge is 0.410 e. The third-order valence-corrected chi connectivity index (χ3v) is 7.44. The summed E-state index contributed by atoms with van der Waals surface area (Å²) in [6, 6.07) is -0.636. The van der Waals surface area contributed by atoms with Crippen molar-refractivity contribution in [1.82, 2.24) is 10.2 Å². The predicted molar refractivity (Wildman–Crippen MR) is 115 cm³/mol. The summed E-state index contributed by atoms with van der Waals surface area (Å²) in [5.41, 5.74) is 0.645. The van der Waals surface area contributed by atoms with Crippen LogP contribution >= 0.6 is 0 Å². The van der Waals surface area contributed by atoms with Gasteiger partial charge in [0.25, 0.3) is 0 Å². The van der Waals surface area contributed by atoms with Crippen molar-refractivity contribution in [3.8, 4) is 0 Å². The topological polar surface area (TPSA) is 113 Å². The summed E-state index contributed by atoms with van der Waals surface area (Å²) in [6.07, 6.45) is 4.27. The highest BCUT2D eigenvalue weighted by Crippen LogP contribution is 2.59. The first-order valence-corrected chi connectivity index (χ1v) is 11.5. The van der Waals surface area contributed by atoms with Crippen LogP contribution in [0, 0.1) is 5.92 Å². The molecule has 1 spiro atoms. The zero-order valence-electron chi connectivity index (χ0n) is 19.4. The fourth-order valence-electron chi connectivity index (χ4n) is 5.45. The highest BCUT2D eigenvalue weighted by Gasteiger charge is 2.72. The van der Waals surface area contributed by atoms with Gasteiger partial charge in [-0.15, -0.1) is 0 Å². The summed E-state index contributed by atoms with van der Waals surface area (Å²) in [7, 11) is 1.66. The van der Waals surface area contributed by atoms with Crippen LogP contribution in [0.3, 0.4) is 0 Å². The van der Waals surface area contributed by atoms with Crippen molar-refractivity contribution in [3.63, 3.8) is 0 Å². The molecule has 32 heavy (non-hydrogen) atoms. The number of likely N-dealkylation sites (tertiary alicyclic amines) is 1. The number of hydrogen-bond donors (Lipinski definition) is 2. The van der Waals surface area contributed by atoms with Gasteiger partial charge in [-0.1, -0.05) is 11.6 Å². The lowest BCUT2D eigenvalue weighted by Crippen LogP contribution is -2.63. The standard InChI is InChI=1S/C23H36N2O7/c1-14(2)5-6-18-22(3,32-18)20-19(29-4)17(7-8-23(20)13-30-23)31-21(28)25-9-15(10-25)24-16(11-26)12-27/h5,11,15-20,24,27H,6-10,12-13H2,1-4H3/t16?,17-,18?,19-,20-,22+,23+/m1/s1. The molecule has 4 aliphatic rings. The number of epoxide rings is 2. The average Bonchev–Trinajstić information content (AvgIpc) is 3.64. The van der Waals surface area contributed by atoms with Gasteiger partial charge in [0.15, 0.2) is 0 Å². The van der Waals surface area contributed by atoms with Gasteiger partial charge in [-0.05, 0) is 40.0 Å². The Bertz CT molecular complexity index is 745. The molecule has 0 bridgehead atoms. The van der Waals surface area contributed by atoms with Crippen LogP contribution in [0.15, 0.2) is 11.6 Å². The number of nitrogens with zero attached hydrogens (tertiary/aromatic N) is 1. The molecule has 3 aliphatic heterocycles. The Morgan fingerprint density at radius 3 is 2.66 bits per heavy atom. The van der Waals surface area contributed by atoms with Crippen molar-refractivity contribution in [2.45, 2.75) is 81.6 Å². The van der Waals surface area contributed by atoms with Crippen molar-refractivity contribution < 1.29 is 33.6 Å². The lowest BCUT2D eigenvalue weighted by molar-refractivity contribution is -0.124. The molecule has 1 saturated carbocycles. The molecular weight excluding hydrogens is 416 g/mol. The molecule has 0 aromatic heterocycles. The molecule has 1 aliphatic carbocycles. The lowest BCUT2D eigenvalue weighted by Gasteiger charge is -2.45. The number of aldehydes is 1. The fraction of sp³-hybridized carbons (Fsp3) is 0.826. The summed E-state index contributed by atoms with van der Waals surface area (Å²) in [4.78, 5) is 25.2. The summed E-state index contributed by atoms with van der Waals surface area (Å²) in [6.45, 7) is 7.59. The predicted octanol–water partition coefficient (Wildman–Crippen LogP) is 1.03. The summed E-state index contributed by atoms with van der Waals surface area (Å²) in [5.74, 6) is -0.00850. The molecule has 1 amide bonds. The van der Waals surface area contributed by atoms with Gasteiger partial charge in [0.05, 0.1) is 31.3 Å². The SMILES string of the molecule is CO[C@@H]1[C@H](OC(=O)N2CC(NC(C=O)CO)C2)CC[C@]2(CO2)[C@H]1[C@@]1(C)OC1CC=C(C)C. The summed E-state index contributed by atoms with van der Waals surface area (Å²) >= 11 is 0. The van der Waals surface area contributed by atoms with Crippen LogP contribution in [-0.2, 0) is 23.7 Å². The highest BCUT2D eigenvalue weighted by molar-refractivity contribution is 5.69. The molecule has 2 unspecified atom stereocenters. The number of rotatable bonds is 9. The monoisotopic (exact) mass is 452 g/mol. The number of carbonyl (C=O) groups excluding carboxylic acids is 2. The Morgan fingerprint density at radius 1 is 1.38 bits per heavy atom. The normalized spacial score (nSPS) is 39.2. The first-order chi connectivity index (χ1) is 15.3. The number of aliphatic hydroxyl groups is 1. The van der Waals surface area contributed by atoms with E-state index in [4.69, 9.17) is 24.1 Å². The number of nitrogens with one attached hydrogen (secondary N) is 1. The quantitative estimate of drug-likeness (QED) is 0.303. The molecule has 4 fully saturated rings. The minimum absolute atomic E-state index is 0.00850. The van der Waals surface area contributed by atoms with E-state index in [0.29, 0.717) is 32.4 Å². The van der Waals surface area contributed by atoms with E-state index in [-0.39, 0.29) is 54.2 Å². The van der Waals surface area contributed by atoms with Crippen molar-refractivity contribution >= 4 is 12.4 Å². The molecule has 4 rings (SSSR count). The summed E-state index contributed by atoms with van der Waals surface area (Å²) < 4.78 is 24.0. The van der Waals surface area contributed by atoms with Crippen LogP contribution in [0.2, 0.25) is 0 Å². The van der Waals surface area contributed by atoms with Gasteiger partial charge in [0, 0.05) is 26.2 Å². The first-order valence-electron chi connectivity index (χ1n) is 11.5. The van der Waals surface area contributed by atoms with E-state index in [9.17, 15) is 9.59 Å². The number of ether oxygens (including phenoxy) is 4. The molecule has 0 radical (unpaired) electrons. The second-order valence-corrected chi connectivity index (χ2v) is 9.99. The maximum Gasteiger partial charge on any atom is 0.410 e. The zero-order valence-corrected chi connectivity index (χ0v) is 19.4. The number of carbonyl (C=O) groups is 2. The minimum atomic E-state index is -0.608. The number of allylic oxidation sites excluding steroid dienone is 1. The molecule has 7 atom stereocenters. The van der Waals surface area contributed by atoms with Gasteiger partial charge in [0.1, 0.15) is 29.7 Å². The molecule has 9 heteroatoms. The van der Waals surface area contributed by atoms with Crippen molar-refractivity contribution in [3.05, 3.63) is 11.6 Å². The van der Waals surface area contributed by atoms with Crippen molar-refractivity contribution in [2.24, 2.45) is 5.92 Å². The van der Waals surface area contributed by atoms with E-state index < -0.39 is 6.04 Å². The Hall–Kier alpha value is -1.52. The van der Waals surface area contributed by atoms with Gasteiger partial charge in [0.2, 0.25) is 0 Å². The van der Waals surface area contributed by atoms with Crippen molar-refractivity contribution in [1.29, 1.82) is 0 Å². The fourth-order valence-corrected chi connectivity index (χ4v) is 5.45. The van der Waals surface area contributed by atoms with E-state index >= 15 is 0 Å². The summed E-state index contributed by atoms with van der Waals surface area (Å²) in [5, 5.41) is 12.1. The van der Waals surface area contributed by atoms with Crippen molar-refractivity contribution in [2.75, 3.05) is 33.4 Å². The molecule has 0 aromatic rings. The zero-order chi connectivity index (χ0) is 23.1. The van der Waals surface area contributed by atoms with E-state index in [1.165, 1.54) is 5.57 Å². The Kier molecular flexibility index (Phi) is 6.66. The number of hydrogen-bond acceptors (Lipinski definition) is 8. The van der Waals surface area contributed by atoms with E-state index in [1.54, 1.807) is 12.0 Å². The first kappa shape index (κ1) is 23.6. The second kappa shape index (κ2) is 9.02. The van der Waals surface area contributed by atoms with Crippen LogP contribution in [0.5, 0.6) is 0 Å². The van der Waals surface area contributed by atoms with Gasteiger partial charge in [-0.3, -0.25) is 5.32 Å². The number of aliphatic hydroxyl groups excluding tert-OH is 1. The maximum absolute atomic E-state index is 12.7. The third kappa shape index (κ3) is 4.46. The third-order valence-electron chi connectivity index (χ3n) is 7.44. The lowest BCUT2D eigenvalue weighted by atomic mass is 9.68. The molecule has 3 saturated heterocycles. The Morgan fingerprint density at radius 2 is 2.09 bits per heavy atom. The highest BCUT2D eigenvalue weighted by atomic mass is 16.6. The Balaban J connectivity index is 1.37. The van der Waals surface area contributed by atoms with Crippen LogP contribution in [0.4, 0.5) is 4.79 Å². The van der Waals surface area contributed by atoms with Crippen LogP contribution in [-0.4, -0.2) is 97.4 Å². The second-order valence-electron chi connectivity index (χ2n) is 9.99. The van der Waals surface area contributed by atoms with Gasteiger partial charge >= 0.3 is 6.09 Å². The van der Waals surface area contributed by atoms with E-state index in [0.717, 1.165) is 12.8 Å². The minimum Gasteiger partial charge on any atom is -0.443 e. The van der Waals surface area contributed by atoms with E-state index in [2.05, 4.69) is 32.2 Å². The van der Waals surface area contributed by atoms with Gasteiger partial charge in [-0.2, -0.15) is 0 Å². The number of methoxy groups -OCH3 is 1. The van der Waals surface area contributed by atoms with Crippen LogP contribution in [0.1, 0.15) is 40.0 Å². The molecule has 2 N–H and O–H groups in total. The molecule has 9 nitrogen and oxygen atoms in total. The average molecular weight is 453 g/mol. The Labute approximate surface area is 189 Å².